The summed E-state index contributed by atoms with van der Waals surface area (Å²) >= 11 is 0. The number of fused-ring (bicyclic) bond motifs is 4. The van der Waals surface area contributed by atoms with Crippen molar-refractivity contribution in [3.05, 3.63) is 97.1 Å². The van der Waals surface area contributed by atoms with Crippen LogP contribution in [0.25, 0.3) is 43.1 Å². The number of hydrogen-bond donors (Lipinski definition) is 0. The van der Waals surface area contributed by atoms with Crippen LogP contribution in [0.1, 0.15) is 53.4 Å². The first-order valence-corrected chi connectivity index (χ1v) is 16.1. The lowest BCUT2D eigenvalue weighted by atomic mass is 10.0. The normalized spacial score (nSPS) is 11.0. The summed E-state index contributed by atoms with van der Waals surface area (Å²) in [5.41, 5.74) is 0. The Morgan fingerprint density at radius 1 is 0.295 bits per heavy atom. The molecule has 0 amide bonds. The average Bonchev–Trinajstić information content (AvgIpc) is 3.08. The minimum atomic E-state index is 0.725. The van der Waals surface area contributed by atoms with Crippen molar-refractivity contribution in [3.8, 4) is 23.0 Å². The molecule has 0 aromatic heterocycles. The van der Waals surface area contributed by atoms with Gasteiger partial charge in [0.1, 0.15) is 23.0 Å². The van der Waals surface area contributed by atoms with Gasteiger partial charge in [-0.3, -0.25) is 0 Å². The highest BCUT2D eigenvalue weighted by Gasteiger charge is 2.16. The van der Waals surface area contributed by atoms with Crippen molar-refractivity contribution in [2.45, 2.75) is 53.4 Å². The van der Waals surface area contributed by atoms with Gasteiger partial charge in [0.15, 0.2) is 0 Å². The molecule has 0 bridgehead atoms. The lowest BCUT2D eigenvalue weighted by molar-refractivity contribution is 0.319. The highest BCUT2D eigenvalue weighted by atomic mass is 16.5. The van der Waals surface area contributed by atoms with Crippen molar-refractivity contribution < 1.29 is 18.9 Å². The molecule has 4 nitrogen and oxygen atoms in total. The summed E-state index contributed by atoms with van der Waals surface area (Å²) in [6.45, 7) is 11.4. The van der Waals surface area contributed by atoms with E-state index in [2.05, 4.69) is 125 Å². The van der Waals surface area contributed by atoms with E-state index in [0.29, 0.717) is 0 Å². The molecule has 0 atom stereocenters. The van der Waals surface area contributed by atoms with Crippen LogP contribution in [0.2, 0.25) is 0 Å². The Morgan fingerprint density at radius 3 is 0.591 bits per heavy atom. The van der Waals surface area contributed by atoms with E-state index >= 15 is 0 Å². The summed E-state index contributed by atoms with van der Waals surface area (Å²) in [5.74, 6) is 3.88. The molecular weight excluding hydrogens is 544 g/mol. The van der Waals surface area contributed by atoms with Crippen LogP contribution in [0, 0.1) is 0 Å². The molecule has 0 aliphatic carbocycles. The van der Waals surface area contributed by atoms with Crippen LogP contribution < -0.4 is 18.9 Å². The molecule has 0 fully saturated rings. The molecule has 0 N–H and O–H groups in total. The van der Waals surface area contributed by atoms with Crippen LogP contribution in [-0.4, -0.2) is 26.4 Å². The second-order valence-electron chi connectivity index (χ2n) is 10.9. The summed E-state index contributed by atoms with van der Waals surface area (Å²) in [6.07, 6.45) is 3.99. The Labute approximate surface area is 261 Å². The second-order valence-corrected chi connectivity index (χ2v) is 10.9. The summed E-state index contributed by atoms with van der Waals surface area (Å²) in [4.78, 5) is 0. The van der Waals surface area contributed by atoms with E-state index in [1.54, 1.807) is 0 Å². The van der Waals surface area contributed by atoms with Gasteiger partial charge in [-0.25, -0.2) is 0 Å². The van der Waals surface area contributed by atoms with E-state index in [0.717, 1.165) is 118 Å². The minimum Gasteiger partial charge on any atom is -0.492 e. The lowest BCUT2D eigenvalue weighted by Crippen LogP contribution is -2.00. The van der Waals surface area contributed by atoms with Crippen LogP contribution in [0.5, 0.6) is 23.0 Å². The fourth-order valence-electron chi connectivity index (χ4n) is 5.54. The van der Waals surface area contributed by atoms with Crippen molar-refractivity contribution in [3.63, 3.8) is 0 Å². The van der Waals surface area contributed by atoms with Gasteiger partial charge in [0.25, 0.3) is 0 Å². The first-order chi connectivity index (χ1) is 21.7. The zero-order valence-electron chi connectivity index (χ0n) is 26.5. The van der Waals surface area contributed by atoms with Gasteiger partial charge < -0.3 is 18.9 Å². The molecule has 0 radical (unpaired) electrons. The molecular formula is C40H44O4. The third-order valence-corrected chi connectivity index (χ3v) is 7.47. The Kier molecular flexibility index (Phi) is 10.8. The minimum absolute atomic E-state index is 0.725. The van der Waals surface area contributed by atoms with Gasteiger partial charge in [0.05, 0.1) is 26.4 Å². The molecule has 0 saturated heterocycles. The van der Waals surface area contributed by atoms with E-state index in [1.165, 1.54) is 0 Å². The Hall–Kier alpha value is -4.44. The molecule has 0 heterocycles. The van der Waals surface area contributed by atoms with Crippen LogP contribution >= 0.6 is 0 Å². The predicted octanol–water partition coefficient (Wildman–Crippen LogP) is 11.1. The van der Waals surface area contributed by atoms with Crippen LogP contribution in [-0.2, 0) is 0 Å². The van der Waals surface area contributed by atoms with Crippen molar-refractivity contribution in [2.75, 3.05) is 26.4 Å². The highest BCUT2D eigenvalue weighted by Crippen LogP contribution is 2.44. The molecule has 0 aliphatic heterocycles. The summed E-state index contributed by atoms with van der Waals surface area (Å²) in [5, 5.41) is 9.01. The monoisotopic (exact) mass is 588 g/mol. The van der Waals surface area contributed by atoms with Crippen LogP contribution in [0.3, 0.4) is 0 Å². The topological polar surface area (TPSA) is 36.9 Å². The molecule has 6 rings (SSSR count). The maximum atomic E-state index is 6.09. The highest BCUT2D eigenvalue weighted by molar-refractivity contribution is 6.12. The van der Waals surface area contributed by atoms with E-state index in [-0.39, 0.29) is 0 Å². The zero-order valence-corrected chi connectivity index (χ0v) is 26.5. The van der Waals surface area contributed by atoms with Crippen molar-refractivity contribution in [2.24, 2.45) is 0 Å². The molecule has 0 spiro atoms. The maximum absolute atomic E-state index is 6.09. The second kappa shape index (κ2) is 15.3. The lowest BCUT2D eigenvalue weighted by Gasteiger charge is -2.17. The van der Waals surface area contributed by atoms with E-state index < -0.39 is 0 Å². The summed E-state index contributed by atoms with van der Waals surface area (Å²) in [6, 6.07) is 33.4. The van der Waals surface area contributed by atoms with Gasteiger partial charge in [0.2, 0.25) is 0 Å². The van der Waals surface area contributed by atoms with E-state index in [9.17, 15) is 0 Å². The number of ether oxygens (including phenoxy) is 4. The fraction of sp³-hybridized carbons (Fsp3) is 0.300. The molecule has 4 heteroatoms. The summed E-state index contributed by atoms with van der Waals surface area (Å²) < 4.78 is 24.3. The maximum Gasteiger partial charge on any atom is 0.135 e. The summed E-state index contributed by atoms with van der Waals surface area (Å²) in [7, 11) is 0. The van der Waals surface area contributed by atoms with Gasteiger partial charge in [-0.15, -0.1) is 0 Å². The molecule has 228 valence electrons. The van der Waals surface area contributed by atoms with Gasteiger partial charge in [-0.05, 0) is 25.7 Å². The van der Waals surface area contributed by atoms with Gasteiger partial charge in [-0.2, -0.15) is 0 Å². The molecule has 0 unspecified atom stereocenters. The third-order valence-electron chi connectivity index (χ3n) is 7.47. The van der Waals surface area contributed by atoms with E-state index in [4.69, 9.17) is 18.9 Å². The largest absolute Gasteiger partial charge is 0.492 e. The van der Waals surface area contributed by atoms with Gasteiger partial charge in [-0.1, -0.05) is 125 Å². The van der Waals surface area contributed by atoms with Crippen molar-refractivity contribution >= 4 is 43.1 Å². The molecule has 6 aromatic carbocycles. The number of rotatable bonds is 12. The standard InChI is InChI=1S/2C20H22O2/c2*1-3-13-21-19-15-9-5-7-11-17(15)20(22-14-4-2)18-12-8-6-10-16(18)19/h2*5-12H,3-4,13-14H2,1-2H3. The SMILES string of the molecule is CCCOc1c2ccccc2c(OCCC)c2ccccc12.CCCOc1c2ccccc2c(OCCC)c2ccccc12. The third kappa shape index (κ3) is 6.55. The zero-order chi connectivity index (χ0) is 30.7. The fourth-order valence-corrected chi connectivity index (χ4v) is 5.54. The smallest absolute Gasteiger partial charge is 0.135 e. The Balaban J connectivity index is 0.000000175. The first-order valence-electron chi connectivity index (χ1n) is 16.1. The quantitative estimate of drug-likeness (QED) is 0.133. The van der Waals surface area contributed by atoms with Gasteiger partial charge >= 0.3 is 0 Å². The molecule has 44 heavy (non-hydrogen) atoms. The predicted molar refractivity (Wildman–Crippen MR) is 186 cm³/mol. The van der Waals surface area contributed by atoms with Gasteiger partial charge in [0, 0.05) is 43.1 Å². The Morgan fingerprint density at radius 2 is 0.455 bits per heavy atom. The first kappa shape index (κ1) is 31.0. The molecule has 0 saturated carbocycles. The Bertz CT molecular complexity index is 1440. The van der Waals surface area contributed by atoms with Crippen molar-refractivity contribution in [1.29, 1.82) is 0 Å². The molecule has 6 aromatic rings. The molecule has 0 aliphatic rings. The van der Waals surface area contributed by atoms with Crippen LogP contribution in [0.15, 0.2) is 97.1 Å². The number of hydrogen-bond acceptors (Lipinski definition) is 4. The average molecular weight is 589 g/mol. The van der Waals surface area contributed by atoms with Crippen molar-refractivity contribution in [1.82, 2.24) is 0 Å². The van der Waals surface area contributed by atoms with E-state index in [1.807, 2.05) is 0 Å². The van der Waals surface area contributed by atoms with Crippen LogP contribution in [0.4, 0.5) is 0 Å². The number of benzene rings is 6.